The van der Waals surface area contributed by atoms with Gasteiger partial charge in [0.1, 0.15) is 40.6 Å². The maximum Gasteiger partial charge on any atom is 0.573 e. The van der Waals surface area contributed by atoms with Gasteiger partial charge in [-0.25, -0.2) is 26.9 Å². The van der Waals surface area contributed by atoms with Gasteiger partial charge in [0, 0.05) is 66.5 Å². The van der Waals surface area contributed by atoms with Crippen molar-refractivity contribution in [1.29, 1.82) is 0 Å². The van der Waals surface area contributed by atoms with E-state index in [1.54, 1.807) is 13.8 Å². The van der Waals surface area contributed by atoms with Gasteiger partial charge in [-0.2, -0.15) is 5.10 Å². The van der Waals surface area contributed by atoms with Gasteiger partial charge in [0.2, 0.25) is 17.7 Å². The van der Waals surface area contributed by atoms with E-state index in [0.717, 1.165) is 58.2 Å². The van der Waals surface area contributed by atoms with Crippen molar-refractivity contribution in [3.8, 4) is 45.4 Å². The Hall–Kier alpha value is -8.26. The molecule has 3 amide bonds. The van der Waals surface area contributed by atoms with Crippen molar-refractivity contribution < 1.29 is 77.7 Å². The number of carbonyl (C=O) groups is 4. The molecule has 0 aliphatic carbocycles. The van der Waals surface area contributed by atoms with E-state index in [-0.39, 0.29) is 76.3 Å². The zero-order chi connectivity index (χ0) is 50.5. The van der Waals surface area contributed by atoms with Crippen molar-refractivity contribution in [3.63, 3.8) is 0 Å². The molecule has 0 bridgehead atoms. The number of anilines is 2. The van der Waals surface area contributed by atoms with Crippen LogP contribution >= 0.6 is 0 Å². The first-order valence-corrected chi connectivity index (χ1v) is 19.7. The number of halogens is 10. The number of ether oxygens (including phenoxy) is 2. The molecule has 2 saturated heterocycles. The van der Waals surface area contributed by atoms with E-state index in [1.807, 2.05) is 0 Å². The predicted molar refractivity (Wildman–Crippen MR) is 219 cm³/mol. The van der Waals surface area contributed by atoms with Gasteiger partial charge in [0.25, 0.3) is 0 Å². The minimum Gasteiger partial charge on any atom is -0.481 e. The van der Waals surface area contributed by atoms with Gasteiger partial charge in [-0.05, 0) is 24.3 Å². The summed E-state index contributed by atoms with van der Waals surface area (Å²) in [5.41, 5.74) is 5.90. The second-order valence-corrected chi connectivity index (χ2v) is 15.0. The van der Waals surface area contributed by atoms with Crippen molar-refractivity contribution in [2.24, 2.45) is 23.7 Å². The second kappa shape index (κ2) is 20.3. The van der Waals surface area contributed by atoms with Crippen LogP contribution in [-0.2, 0) is 19.2 Å². The Morgan fingerprint density at radius 2 is 1.10 bits per heavy atom. The molecular weight excluding hydrogens is 947 g/mol. The minimum absolute atomic E-state index is 0.00168. The van der Waals surface area contributed by atoms with Crippen molar-refractivity contribution in [2.75, 3.05) is 24.1 Å². The molecule has 17 nitrogen and oxygen atoms in total. The number of nitrogens with one attached hydrogen (secondary N) is 3. The number of carbonyl (C=O) groups excluding carboxylic acids is 3. The number of aliphatic carboxylic acids is 1. The molecule has 364 valence electrons. The summed E-state index contributed by atoms with van der Waals surface area (Å²) in [5.74, 6) is -9.03. The Morgan fingerprint density at radius 1 is 0.652 bits per heavy atom. The lowest BCUT2D eigenvalue weighted by Crippen LogP contribution is -2.28. The molecule has 2 aliphatic rings. The number of carboxylic acids is 1. The molecule has 4 aromatic heterocycles. The van der Waals surface area contributed by atoms with Crippen LogP contribution in [0.3, 0.4) is 0 Å². The third kappa shape index (κ3) is 13.0. The maximum atomic E-state index is 14.1. The predicted octanol–water partition coefficient (Wildman–Crippen LogP) is 6.58. The average Bonchev–Trinajstić information content (AvgIpc) is 4.02. The number of alkyl halides is 6. The molecular formula is C42H34F10N10O7. The van der Waals surface area contributed by atoms with Crippen LogP contribution in [0, 0.1) is 46.9 Å². The van der Waals surface area contributed by atoms with Gasteiger partial charge in [0.05, 0.1) is 65.3 Å². The molecule has 4 atom stereocenters. The Kier molecular flexibility index (Phi) is 14.8. The van der Waals surface area contributed by atoms with Gasteiger partial charge in [-0.3, -0.25) is 29.1 Å². The highest BCUT2D eigenvalue weighted by molar-refractivity contribution is 5.98. The first kappa shape index (κ1) is 50.2. The lowest BCUT2D eigenvalue weighted by Gasteiger charge is -2.12. The van der Waals surface area contributed by atoms with E-state index in [1.165, 1.54) is 24.5 Å². The molecule has 2 fully saturated rings. The SMILES string of the molecule is C[C@H]1C(=O)NC[C@@H]1C(=O)Nc1cc(-c2cc(F)cc(OC(F)(F)F)c2)n(-c2cncc(F)c2)n1.C[C@H]1C(=O)NC[C@@H]1C(=O)O.Nc1cc(-c2cc(F)cc(OC(F)(F)F)c2)n(-c2cncc(F)c2)n1. The number of pyridine rings is 2. The number of rotatable bonds is 9. The van der Waals surface area contributed by atoms with Crippen LogP contribution < -0.4 is 31.2 Å². The number of nitrogen functional groups attached to an aromatic ring is 1. The third-order valence-electron chi connectivity index (χ3n) is 10.0. The van der Waals surface area contributed by atoms with Crippen LogP contribution in [0.2, 0.25) is 0 Å². The number of hydrogen-bond acceptors (Lipinski definition) is 11. The van der Waals surface area contributed by atoms with Crippen LogP contribution in [0.15, 0.2) is 85.5 Å². The molecule has 69 heavy (non-hydrogen) atoms. The lowest BCUT2D eigenvalue weighted by molar-refractivity contribution is -0.275. The molecule has 2 aromatic carbocycles. The van der Waals surface area contributed by atoms with E-state index in [2.05, 4.69) is 45.6 Å². The quantitative estimate of drug-likeness (QED) is 0.0969. The van der Waals surface area contributed by atoms with Gasteiger partial charge in [0.15, 0.2) is 5.82 Å². The molecule has 6 aromatic rings. The zero-order valence-electron chi connectivity index (χ0n) is 35.2. The summed E-state index contributed by atoms with van der Waals surface area (Å²) in [7, 11) is 0. The molecule has 0 saturated carbocycles. The maximum absolute atomic E-state index is 14.1. The van der Waals surface area contributed by atoms with Crippen LogP contribution in [0.1, 0.15) is 13.8 Å². The molecule has 27 heteroatoms. The number of hydrogen-bond donors (Lipinski definition) is 5. The highest BCUT2D eigenvalue weighted by Crippen LogP contribution is 2.34. The standard InChI is InChI=1S/C21H16F5N5O3.C15H9F5N4O.C6H9NO3/c1-10-16(9-28-19(10)32)20(33)29-18-6-17(31(30-18)14-4-13(23)7-27-8-14)11-2-12(22)5-15(3-11)34-21(24,25)26;16-9-1-8(2-12(4-9)25-15(18,19)20)13-5-14(21)23-24(13)11-3-10(17)6-22-7-11;1-3-4(6(9)10)2-7-5(3)8/h2-8,10,16H,9H2,1H3,(H,28,32)(H,29,30,33);1-7H,(H2,21,23);3-4H,2H2,1H3,(H,7,8)(H,9,10)/t10-,16+;;3-,4+/m1.1/s1. The molecule has 6 N–H and O–H groups in total. The Morgan fingerprint density at radius 3 is 1.51 bits per heavy atom. The van der Waals surface area contributed by atoms with E-state index in [9.17, 15) is 63.1 Å². The molecule has 0 radical (unpaired) electrons. The lowest BCUT2D eigenvalue weighted by atomic mass is 9.97. The topological polar surface area (TPSA) is 230 Å². The van der Waals surface area contributed by atoms with Crippen molar-refractivity contribution in [1.82, 2.24) is 40.2 Å². The molecule has 2 aliphatic heterocycles. The van der Waals surface area contributed by atoms with Crippen molar-refractivity contribution >= 4 is 35.3 Å². The highest BCUT2D eigenvalue weighted by atomic mass is 19.4. The third-order valence-corrected chi connectivity index (χ3v) is 10.0. The largest absolute Gasteiger partial charge is 0.573 e. The molecule has 8 rings (SSSR count). The fraction of sp³-hybridized carbons (Fsp3) is 0.238. The summed E-state index contributed by atoms with van der Waals surface area (Å²) in [6.07, 6.45) is -5.65. The zero-order valence-corrected chi connectivity index (χ0v) is 35.2. The van der Waals surface area contributed by atoms with Gasteiger partial charge >= 0.3 is 18.7 Å². The Balaban J connectivity index is 0.000000195. The number of aromatic nitrogens is 6. The van der Waals surface area contributed by atoms with Crippen LogP contribution in [0.5, 0.6) is 11.5 Å². The number of carboxylic acid groups (broad SMARTS) is 1. The first-order chi connectivity index (χ1) is 32.3. The fourth-order valence-corrected chi connectivity index (χ4v) is 6.79. The van der Waals surface area contributed by atoms with Gasteiger partial charge in [-0.1, -0.05) is 13.8 Å². The van der Waals surface area contributed by atoms with E-state index < -0.39 is 77.1 Å². The fourth-order valence-electron chi connectivity index (χ4n) is 6.79. The van der Waals surface area contributed by atoms with Crippen LogP contribution in [-0.4, -0.2) is 84.1 Å². The van der Waals surface area contributed by atoms with E-state index in [4.69, 9.17) is 10.8 Å². The monoisotopic (exact) mass is 980 g/mol. The number of amides is 3. The van der Waals surface area contributed by atoms with Crippen molar-refractivity contribution in [2.45, 2.75) is 26.6 Å². The molecule has 0 spiro atoms. The Labute approximate surface area is 381 Å². The van der Waals surface area contributed by atoms with Crippen LogP contribution in [0.4, 0.5) is 55.5 Å². The molecule has 6 heterocycles. The number of benzene rings is 2. The highest BCUT2D eigenvalue weighted by Gasteiger charge is 2.37. The smallest absolute Gasteiger partial charge is 0.481 e. The summed E-state index contributed by atoms with van der Waals surface area (Å²) in [6, 6.07) is 9.64. The average molecular weight is 981 g/mol. The number of nitrogens with two attached hydrogens (primary N) is 1. The minimum atomic E-state index is -5.06. The summed E-state index contributed by atoms with van der Waals surface area (Å²) in [6.45, 7) is 3.61. The van der Waals surface area contributed by atoms with E-state index in [0.29, 0.717) is 12.1 Å². The normalized spacial score (nSPS) is 17.7. The van der Waals surface area contributed by atoms with E-state index >= 15 is 0 Å². The summed E-state index contributed by atoms with van der Waals surface area (Å²) >= 11 is 0. The van der Waals surface area contributed by atoms with Gasteiger partial charge < -0.3 is 36.3 Å². The number of nitrogens with zero attached hydrogens (tertiary/aromatic N) is 6. The second-order valence-electron chi connectivity index (χ2n) is 15.0. The van der Waals surface area contributed by atoms with Gasteiger partial charge in [-0.15, -0.1) is 31.4 Å². The summed E-state index contributed by atoms with van der Waals surface area (Å²) in [5, 5.41) is 24.2. The van der Waals surface area contributed by atoms with Crippen LogP contribution in [0.25, 0.3) is 33.9 Å². The first-order valence-electron chi connectivity index (χ1n) is 19.7. The Bertz CT molecular complexity index is 2890. The summed E-state index contributed by atoms with van der Waals surface area (Å²) < 4.78 is 140. The molecule has 0 unspecified atom stereocenters. The summed E-state index contributed by atoms with van der Waals surface area (Å²) in [4.78, 5) is 52.8. The van der Waals surface area contributed by atoms with Crippen molar-refractivity contribution in [3.05, 3.63) is 109 Å².